The Labute approximate surface area is 159 Å². The minimum Gasteiger partial charge on any atom is -0.445 e. The van der Waals surface area contributed by atoms with Crippen LogP contribution in [-0.2, 0) is 24.4 Å². The number of aliphatic hydroxyl groups excluding tert-OH is 1. The fraction of sp³-hybridized carbons (Fsp3) is 0.174. The summed E-state index contributed by atoms with van der Waals surface area (Å²) in [5.74, 6) is 0. The van der Waals surface area contributed by atoms with E-state index in [0.29, 0.717) is 13.0 Å². The van der Waals surface area contributed by atoms with E-state index in [1.807, 2.05) is 66.7 Å². The molecule has 4 nitrogen and oxygen atoms in total. The Morgan fingerprint density at radius 1 is 0.852 bits per heavy atom. The molecular formula is C23H23NO3. The van der Waals surface area contributed by atoms with Crippen LogP contribution in [0.5, 0.6) is 0 Å². The standard InChI is InChI=1S/C23H23NO3/c25-16-18-10-12-21(13-11-18)22-9-5-4-8-20(22)14-15-24-23(26)27-17-19-6-2-1-3-7-19/h1-13,25H,14-17H2,(H,24,26). The van der Waals surface area contributed by atoms with Crippen LogP contribution in [0.25, 0.3) is 11.1 Å². The third-order valence-electron chi connectivity index (χ3n) is 4.34. The van der Waals surface area contributed by atoms with Crippen molar-refractivity contribution >= 4 is 6.09 Å². The minimum atomic E-state index is -0.413. The quantitative estimate of drug-likeness (QED) is 0.659. The van der Waals surface area contributed by atoms with Gasteiger partial charge in [0.2, 0.25) is 0 Å². The van der Waals surface area contributed by atoms with E-state index in [0.717, 1.165) is 27.8 Å². The zero-order valence-corrected chi connectivity index (χ0v) is 15.1. The third kappa shape index (κ3) is 5.43. The summed E-state index contributed by atoms with van der Waals surface area (Å²) in [4.78, 5) is 11.9. The van der Waals surface area contributed by atoms with Crippen LogP contribution in [0.2, 0.25) is 0 Å². The van der Waals surface area contributed by atoms with E-state index in [9.17, 15) is 9.90 Å². The summed E-state index contributed by atoms with van der Waals surface area (Å²) in [6.07, 6.45) is 0.293. The topological polar surface area (TPSA) is 58.6 Å². The zero-order chi connectivity index (χ0) is 18.9. The van der Waals surface area contributed by atoms with Gasteiger partial charge < -0.3 is 15.2 Å². The molecule has 0 unspecified atom stereocenters. The summed E-state index contributed by atoms with van der Waals surface area (Å²) in [6.45, 7) is 0.802. The van der Waals surface area contributed by atoms with Crippen LogP contribution in [0.1, 0.15) is 16.7 Å². The molecule has 4 heteroatoms. The maximum Gasteiger partial charge on any atom is 0.407 e. The van der Waals surface area contributed by atoms with Gasteiger partial charge in [-0.25, -0.2) is 4.79 Å². The fourth-order valence-electron chi connectivity index (χ4n) is 2.88. The lowest BCUT2D eigenvalue weighted by molar-refractivity contribution is 0.140. The lowest BCUT2D eigenvalue weighted by atomic mass is 9.97. The highest BCUT2D eigenvalue weighted by atomic mass is 16.5. The molecule has 0 aromatic heterocycles. The normalized spacial score (nSPS) is 10.4. The molecule has 0 saturated heterocycles. The molecule has 0 aliphatic heterocycles. The van der Waals surface area contributed by atoms with E-state index in [1.54, 1.807) is 0 Å². The highest BCUT2D eigenvalue weighted by Gasteiger charge is 2.07. The molecule has 1 amide bonds. The van der Waals surface area contributed by atoms with Gasteiger partial charge in [-0.1, -0.05) is 78.9 Å². The summed E-state index contributed by atoms with van der Waals surface area (Å²) in [5, 5.41) is 12.0. The molecule has 0 radical (unpaired) electrons. The second kappa shape index (κ2) is 9.55. The van der Waals surface area contributed by atoms with E-state index in [4.69, 9.17) is 4.74 Å². The van der Waals surface area contributed by atoms with Gasteiger partial charge in [0, 0.05) is 6.54 Å². The molecule has 3 aromatic carbocycles. The maximum absolute atomic E-state index is 11.9. The van der Waals surface area contributed by atoms with Crippen molar-refractivity contribution in [1.29, 1.82) is 0 Å². The lowest BCUT2D eigenvalue weighted by Crippen LogP contribution is -2.26. The number of hydrogen-bond donors (Lipinski definition) is 2. The number of carbonyl (C=O) groups is 1. The van der Waals surface area contributed by atoms with E-state index in [-0.39, 0.29) is 13.2 Å². The number of aliphatic hydroxyl groups is 1. The maximum atomic E-state index is 11.9. The summed E-state index contributed by atoms with van der Waals surface area (Å²) in [5.41, 5.74) is 5.22. The van der Waals surface area contributed by atoms with Gasteiger partial charge in [0.15, 0.2) is 0 Å². The zero-order valence-electron chi connectivity index (χ0n) is 15.1. The van der Waals surface area contributed by atoms with Gasteiger partial charge in [-0.2, -0.15) is 0 Å². The first-order chi connectivity index (χ1) is 13.3. The van der Waals surface area contributed by atoms with Gasteiger partial charge in [-0.3, -0.25) is 0 Å². The molecule has 27 heavy (non-hydrogen) atoms. The molecule has 0 saturated carbocycles. The van der Waals surface area contributed by atoms with Crippen molar-refractivity contribution < 1.29 is 14.6 Å². The number of alkyl carbamates (subject to hydrolysis) is 1. The number of benzene rings is 3. The second-order valence-electron chi connectivity index (χ2n) is 6.25. The van der Waals surface area contributed by atoms with Crippen LogP contribution in [0.4, 0.5) is 4.79 Å². The van der Waals surface area contributed by atoms with E-state index in [2.05, 4.69) is 17.4 Å². The highest BCUT2D eigenvalue weighted by Crippen LogP contribution is 2.24. The molecule has 138 valence electrons. The molecular weight excluding hydrogens is 338 g/mol. The van der Waals surface area contributed by atoms with E-state index >= 15 is 0 Å². The molecule has 0 aliphatic carbocycles. The molecule has 0 heterocycles. The third-order valence-corrected chi connectivity index (χ3v) is 4.34. The molecule has 0 atom stereocenters. The Kier molecular flexibility index (Phi) is 6.61. The van der Waals surface area contributed by atoms with Crippen LogP contribution in [0, 0.1) is 0 Å². The first kappa shape index (κ1) is 18.7. The van der Waals surface area contributed by atoms with Gasteiger partial charge in [0.1, 0.15) is 6.61 Å². The van der Waals surface area contributed by atoms with Crippen molar-refractivity contribution in [3.05, 3.63) is 95.6 Å². The van der Waals surface area contributed by atoms with Crippen LogP contribution in [0.3, 0.4) is 0 Å². The van der Waals surface area contributed by atoms with Gasteiger partial charge in [-0.15, -0.1) is 0 Å². The van der Waals surface area contributed by atoms with Crippen molar-refractivity contribution in [2.45, 2.75) is 19.6 Å². The highest BCUT2D eigenvalue weighted by molar-refractivity contribution is 5.69. The van der Waals surface area contributed by atoms with Crippen molar-refractivity contribution in [2.24, 2.45) is 0 Å². The average molecular weight is 361 g/mol. The predicted molar refractivity (Wildman–Crippen MR) is 106 cm³/mol. The predicted octanol–water partition coefficient (Wildman–Crippen LogP) is 4.31. The molecule has 0 aliphatic rings. The minimum absolute atomic E-state index is 0.0386. The summed E-state index contributed by atoms with van der Waals surface area (Å²) >= 11 is 0. The summed E-state index contributed by atoms with van der Waals surface area (Å²) in [7, 11) is 0. The van der Waals surface area contributed by atoms with Crippen molar-refractivity contribution in [2.75, 3.05) is 6.54 Å². The van der Waals surface area contributed by atoms with Gasteiger partial charge >= 0.3 is 6.09 Å². The van der Waals surface area contributed by atoms with Crippen LogP contribution in [-0.4, -0.2) is 17.7 Å². The molecule has 3 rings (SSSR count). The van der Waals surface area contributed by atoms with Gasteiger partial charge in [-0.05, 0) is 34.2 Å². The summed E-state index contributed by atoms with van der Waals surface area (Å²) in [6, 6.07) is 25.6. The van der Waals surface area contributed by atoms with Crippen molar-refractivity contribution in [3.63, 3.8) is 0 Å². The first-order valence-electron chi connectivity index (χ1n) is 8.99. The van der Waals surface area contributed by atoms with E-state index < -0.39 is 6.09 Å². The Morgan fingerprint density at radius 2 is 1.56 bits per heavy atom. The number of rotatable bonds is 7. The molecule has 0 bridgehead atoms. The lowest BCUT2D eigenvalue weighted by Gasteiger charge is -2.11. The largest absolute Gasteiger partial charge is 0.445 e. The monoisotopic (exact) mass is 361 g/mol. The average Bonchev–Trinajstić information content (AvgIpc) is 2.73. The van der Waals surface area contributed by atoms with Gasteiger partial charge in [0.05, 0.1) is 6.61 Å². The Hall–Kier alpha value is -3.11. The van der Waals surface area contributed by atoms with Gasteiger partial charge in [0.25, 0.3) is 0 Å². The Bertz CT molecular complexity index is 860. The molecule has 2 N–H and O–H groups in total. The smallest absolute Gasteiger partial charge is 0.407 e. The molecule has 3 aromatic rings. The summed E-state index contributed by atoms with van der Waals surface area (Å²) < 4.78 is 5.23. The number of nitrogens with one attached hydrogen (secondary N) is 1. The Balaban J connectivity index is 1.54. The van der Waals surface area contributed by atoms with Crippen LogP contribution in [0.15, 0.2) is 78.9 Å². The van der Waals surface area contributed by atoms with Crippen LogP contribution < -0.4 is 5.32 Å². The number of hydrogen-bond acceptors (Lipinski definition) is 3. The SMILES string of the molecule is O=C(NCCc1ccccc1-c1ccc(CO)cc1)OCc1ccccc1. The van der Waals surface area contributed by atoms with Crippen LogP contribution >= 0.6 is 0 Å². The first-order valence-corrected chi connectivity index (χ1v) is 8.99. The Morgan fingerprint density at radius 3 is 2.30 bits per heavy atom. The number of ether oxygens (including phenoxy) is 1. The number of carbonyl (C=O) groups excluding carboxylic acids is 1. The van der Waals surface area contributed by atoms with E-state index in [1.165, 1.54) is 0 Å². The molecule has 0 spiro atoms. The fourth-order valence-corrected chi connectivity index (χ4v) is 2.88. The molecule has 0 fully saturated rings. The number of amides is 1. The van der Waals surface area contributed by atoms with Crippen molar-refractivity contribution in [1.82, 2.24) is 5.32 Å². The van der Waals surface area contributed by atoms with Crippen molar-refractivity contribution in [3.8, 4) is 11.1 Å². The second-order valence-corrected chi connectivity index (χ2v) is 6.25.